The minimum Gasteiger partial charge on any atom is -0.407 e. The van der Waals surface area contributed by atoms with Crippen LogP contribution < -0.4 is 11.1 Å². The first-order chi connectivity index (χ1) is 8.36. The van der Waals surface area contributed by atoms with E-state index in [0.717, 1.165) is 6.42 Å². The van der Waals surface area contributed by atoms with E-state index in [-0.39, 0.29) is 12.6 Å². The molecule has 1 aliphatic rings. The van der Waals surface area contributed by atoms with Crippen molar-refractivity contribution in [3.63, 3.8) is 0 Å². The molecule has 0 saturated heterocycles. The summed E-state index contributed by atoms with van der Waals surface area (Å²) in [5.74, 6) is 0.467. The summed E-state index contributed by atoms with van der Waals surface area (Å²) in [6.45, 7) is 0.281. The second kappa shape index (κ2) is 4.46. The molecule has 1 unspecified atom stereocenters. The van der Waals surface area contributed by atoms with Crippen molar-refractivity contribution in [1.82, 2.24) is 10.2 Å². The molecule has 0 saturated carbocycles. The van der Waals surface area contributed by atoms with Crippen LogP contribution in [0.4, 0.5) is 6.01 Å². The second-order valence-electron chi connectivity index (χ2n) is 4.09. The lowest BCUT2D eigenvalue weighted by Gasteiger charge is -2.22. The van der Waals surface area contributed by atoms with Crippen molar-refractivity contribution < 1.29 is 4.42 Å². The smallest absolute Gasteiger partial charge is 0.315 e. The molecule has 6 heteroatoms. The van der Waals surface area contributed by atoms with E-state index in [2.05, 4.69) is 27.0 Å². The molecule has 0 bridgehead atoms. The van der Waals surface area contributed by atoms with E-state index >= 15 is 0 Å². The lowest BCUT2D eigenvalue weighted by molar-refractivity contribution is 0.493. The van der Waals surface area contributed by atoms with Gasteiger partial charge in [0.05, 0.1) is 12.6 Å². The Balaban J connectivity index is 1.78. The van der Waals surface area contributed by atoms with Gasteiger partial charge in [-0.15, -0.1) is 16.4 Å². The summed E-state index contributed by atoms with van der Waals surface area (Å²) >= 11 is 1.82. The number of aromatic nitrogens is 2. The van der Waals surface area contributed by atoms with Gasteiger partial charge in [0.25, 0.3) is 0 Å². The highest BCUT2D eigenvalue weighted by Crippen LogP contribution is 2.35. The van der Waals surface area contributed by atoms with Crippen molar-refractivity contribution >= 4 is 17.4 Å². The molecule has 17 heavy (non-hydrogen) atoms. The third-order valence-electron chi connectivity index (χ3n) is 2.99. The first kappa shape index (κ1) is 10.7. The molecule has 0 aromatic carbocycles. The first-order valence-corrected chi connectivity index (χ1v) is 6.60. The number of nitrogens with one attached hydrogen (secondary N) is 1. The summed E-state index contributed by atoms with van der Waals surface area (Å²) in [5, 5.41) is 13.2. The van der Waals surface area contributed by atoms with Crippen molar-refractivity contribution in [3.8, 4) is 0 Å². The first-order valence-electron chi connectivity index (χ1n) is 5.72. The van der Waals surface area contributed by atoms with Gasteiger partial charge < -0.3 is 15.5 Å². The normalized spacial score (nSPS) is 19.0. The fourth-order valence-corrected chi connectivity index (χ4v) is 3.17. The summed E-state index contributed by atoms with van der Waals surface area (Å²) in [5.41, 5.74) is 6.80. The van der Waals surface area contributed by atoms with E-state index in [0.29, 0.717) is 11.9 Å². The largest absolute Gasteiger partial charge is 0.407 e. The number of rotatable bonds is 3. The maximum absolute atomic E-state index is 5.43. The molecule has 2 aromatic rings. The molecule has 90 valence electrons. The molecule has 0 radical (unpaired) electrons. The Morgan fingerprint density at radius 1 is 1.53 bits per heavy atom. The summed E-state index contributed by atoms with van der Waals surface area (Å²) in [7, 11) is 0. The molecule has 1 atom stereocenters. The quantitative estimate of drug-likeness (QED) is 0.872. The van der Waals surface area contributed by atoms with Gasteiger partial charge in [-0.1, -0.05) is 5.10 Å². The van der Waals surface area contributed by atoms with Gasteiger partial charge in [-0.25, -0.2) is 0 Å². The van der Waals surface area contributed by atoms with Gasteiger partial charge in [0, 0.05) is 4.88 Å². The zero-order valence-electron chi connectivity index (χ0n) is 9.35. The molecule has 3 rings (SSSR count). The average molecular weight is 250 g/mol. The molecule has 3 N–H and O–H groups in total. The van der Waals surface area contributed by atoms with Crippen LogP contribution in [0.15, 0.2) is 15.9 Å². The number of aryl methyl sites for hydroxylation is 1. The highest BCUT2D eigenvalue weighted by atomic mass is 32.1. The molecule has 0 amide bonds. The minimum atomic E-state index is 0.281. The lowest BCUT2D eigenvalue weighted by atomic mass is 9.94. The van der Waals surface area contributed by atoms with Crippen LogP contribution in [0.1, 0.15) is 35.2 Å². The molecule has 2 aromatic heterocycles. The number of anilines is 1. The SMILES string of the molecule is NCc1nnc(NC2CCCc3sccc32)o1. The summed E-state index contributed by atoms with van der Waals surface area (Å²) in [4.78, 5) is 1.47. The monoisotopic (exact) mass is 250 g/mol. The predicted octanol–water partition coefficient (Wildman–Crippen LogP) is 2.08. The number of thiophene rings is 1. The average Bonchev–Trinajstić information content (AvgIpc) is 2.97. The van der Waals surface area contributed by atoms with Crippen molar-refractivity contribution in [2.45, 2.75) is 31.8 Å². The van der Waals surface area contributed by atoms with Crippen molar-refractivity contribution in [1.29, 1.82) is 0 Å². The number of hydrogen-bond acceptors (Lipinski definition) is 6. The highest BCUT2D eigenvalue weighted by Gasteiger charge is 2.22. The van der Waals surface area contributed by atoms with Crippen LogP contribution in [0.3, 0.4) is 0 Å². The van der Waals surface area contributed by atoms with Gasteiger partial charge in [0.15, 0.2) is 0 Å². The van der Waals surface area contributed by atoms with E-state index in [9.17, 15) is 0 Å². The van der Waals surface area contributed by atoms with Crippen LogP contribution in [0, 0.1) is 0 Å². The van der Waals surface area contributed by atoms with Crippen LogP contribution in [-0.4, -0.2) is 10.2 Å². The van der Waals surface area contributed by atoms with Gasteiger partial charge in [-0.2, -0.15) is 0 Å². The Morgan fingerprint density at radius 2 is 2.47 bits per heavy atom. The Hall–Kier alpha value is -1.40. The second-order valence-corrected chi connectivity index (χ2v) is 5.09. The van der Waals surface area contributed by atoms with Gasteiger partial charge in [-0.05, 0) is 36.3 Å². The zero-order valence-corrected chi connectivity index (χ0v) is 10.2. The maximum Gasteiger partial charge on any atom is 0.315 e. The molecule has 1 aliphatic carbocycles. The predicted molar refractivity (Wildman–Crippen MR) is 65.8 cm³/mol. The van der Waals surface area contributed by atoms with Gasteiger partial charge in [0.2, 0.25) is 5.89 Å². The standard InChI is InChI=1S/C11H14N4OS/c12-6-10-14-15-11(16-10)13-8-2-1-3-9-7(8)4-5-17-9/h4-5,8H,1-3,6,12H2,(H,13,15). The topological polar surface area (TPSA) is 77.0 Å². The fraction of sp³-hybridized carbons (Fsp3) is 0.455. The van der Waals surface area contributed by atoms with Crippen LogP contribution in [0.2, 0.25) is 0 Å². The Kier molecular flexibility index (Phi) is 2.82. The van der Waals surface area contributed by atoms with E-state index < -0.39 is 0 Å². The zero-order chi connectivity index (χ0) is 11.7. The van der Waals surface area contributed by atoms with Crippen molar-refractivity contribution in [3.05, 3.63) is 27.8 Å². The Bertz CT molecular complexity index is 507. The number of hydrogen-bond donors (Lipinski definition) is 2. The Labute approximate surface area is 103 Å². The van der Waals surface area contributed by atoms with E-state index in [1.165, 1.54) is 23.3 Å². The van der Waals surface area contributed by atoms with Crippen LogP contribution in [-0.2, 0) is 13.0 Å². The number of nitrogens with two attached hydrogens (primary N) is 1. The maximum atomic E-state index is 5.43. The molecule has 0 spiro atoms. The molecule has 5 nitrogen and oxygen atoms in total. The van der Waals surface area contributed by atoms with E-state index in [1.54, 1.807) is 0 Å². The van der Waals surface area contributed by atoms with Crippen LogP contribution in [0.25, 0.3) is 0 Å². The summed E-state index contributed by atoms with van der Waals surface area (Å²) in [6, 6.07) is 2.93. The van der Waals surface area contributed by atoms with Crippen molar-refractivity contribution in [2.24, 2.45) is 5.73 Å². The third kappa shape index (κ3) is 2.05. The summed E-state index contributed by atoms with van der Waals surface area (Å²) < 4.78 is 5.37. The van der Waals surface area contributed by atoms with E-state index in [1.807, 2.05) is 11.3 Å². The van der Waals surface area contributed by atoms with Gasteiger partial charge >= 0.3 is 6.01 Å². The van der Waals surface area contributed by atoms with Crippen LogP contribution in [0.5, 0.6) is 0 Å². The van der Waals surface area contributed by atoms with E-state index in [4.69, 9.17) is 10.2 Å². The summed E-state index contributed by atoms with van der Waals surface area (Å²) in [6.07, 6.45) is 3.48. The molecule has 2 heterocycles. The third-order valence-corrected chi connectivity index (χ3v) is 3.99. The van der Waals surface area contributed by atoms with Crippen LogP contribution >= 0.6 is 11.3 Å². The Morgan fingerprint density at radius 3 is 3.29 bits per heavy atom. The van der Waals surface area contributed by atoms with Gasteiger partial charge in [-0.3, -0.25) is 0 Å². The molecular formula is C11H14N4OS. The fourth-order valence-electron chi connectivity index (χ4n) is 2.18. The molecular weight excluding hydrogens is 236 g/mol. The highest BCUT2D eigenvalue weighted by molar-refractivity contribution is 7.10. The van der Waals surface area contributed by atoms with Gasteiger partial charge in [0.1, 0.15) is 0 Å². The lowest BCUT2D eigenvalue weighted by Crippen LogP contribution is -2.15. The van der Waals surface area contributed by atoms with Crippen molar-refractivity contribution in [2.75, 3.05) is 5.32 Å². The number of nitrogens with zero attached hydrogens (tertiary/aromatic N) is 2. The minimum absolute atomic E-state index is 0.281. The molecule has 0 fully saturated rings. The number of fused-ring (bicyclic) bond motifs is 1. The molecule has 0 aliphatic heterocycles.